The lowest BCUT2D eigenvalue weighted by Gasteiger charge is -2.28. The van der Waals surface area contributed by atoms with Gasteiger partial charge in [-0.2, -0.15) is 0 Å². The molecule has 0 saturated carbocycles. The monoisotopic (exact) mass is 229 g/mol. The number of hydrogen-bond donors (Lipinski definition) is 3. The van der Waals surface area contributed by atoms with Gasteiger partial charge in [0.15, 0.2) is 0 Å². The van der Waals surface area contributed by atoms with Crippen LogP contribution in [-0.4, -0.2) is 24.4 Å². The first-order chi connectivity index (χ1) is 7.28. The Bertz CT molecular complexity index is 260. The van der Waals surface area contributed by atoms with Crippen LogP contribution in [0.4, 0.5) is 0 Å². The van der Waals surface area contributed by atoms with Gasteiger partial charge >= 0.3 is 0 Å². The van der Waals surface area contributed by atoms with Gasteiger partial charge in [-0.15, -0.1) is 0 Å². The molecule has 2 amide bonds. The van der Waals surface area contributed by atoms with E-state index in [2.05, 4.69) is 5.32 Å². The molecular weight excluding hydrogens is 206 g/mol. The maximum absolute atomic E-state index is 11.9. The molecule has 0 aromatic rings. The summed E-state index contributed by atoms with van der Waals surface area (Å²) in [5.74, 6) is -0.755. The molecule has 5 N–H and O–H groups in total. The van der Waals surface area contributed by atoms with E-state index in [0.29, 0.717) is 6.42 Å². The van der Waals surface area contributed by atoms with Crippen LogP contribution in [0.1, 0.15) is 34.1 Å². The number of amides is 2. The molecular formula is C11H23N3O2. The highest BCUT2D eigenvalue weighted by molar-refractivity contribution is 5.89. The minimum atomic E-state index is -0.636. The molecule has 0 bridgehead atoms. The summed E-state index contributed by atoms with van der Waals surface area (Å²) in [4.78, 5) is 23.1. The summed E-state index contributed by atoms with van der Waals surface area (Å²) in [6.45, 7) is 7.59. The molecule has 0 heterocycles. The summed E-state index contributed by atoms with van der Waals surface area (Å²) >= 11 is 0. The summed E-state index contributed by atoms with van der Waals surface area (Å²) < 4.78 is 0. The lowest BCUT2D eigenvalue weighted by Crippen LogP contribution is -2.53. The molecule has 0 saturated heterocycles. The normalized spacial score (nSPS) is 16.6. The second-order valence-electron chi connectivity index (χ2n) is 4.72. The lowest BCUT2D eigenvalue weighted by atomic mass is 9.86. The van der Waals surface area contributed by atoms with Gasteiger partial charge in [0.2, 0.25) is 11.8 Å². The number of nitrogens with one attached hydrogen (secondary N) is 1. The third kappa shape index (κ3) is 3.48. The summed E-state index contributed by atoms with van der Waals surface area (Å²) in [6.07, 6.45) is 0.624. The van der Waals surface area contributed by atoms with Crippen LogP contribution in [0.3, 0.4) is 0 Å². The van der Waals surface area contributed by atoms with Crippen LogP contribution in [0.5, 0.6) is 0 Å². The van der Waals surface area contributed by atoms with E-state index in [4.69, 9.17) is 11.5 Å². The Labute approximate surface area is 96.9 Å². The van der Waals surface area contributed by atoms with Crippen molar-refractivity contribution in [1.82, 2.24) is 5.32 Å². The molecule has 5 heteroatoms. The summed E-state index contributed by atoms with van der Waals surface area (Å²) in [5, 5.41) is 2.66. The Morgan fingerprint density at radius 1 is 1.38 bits per heavy atom. The third-order valence-corrected chi connectivity index (χ3v) is 3.04. The molecule has 0 aromatic carbocycles. The molecule has 0 fully saturated rings. The zero-order valence-electron chi connectivity index (χ0n) is 10.5. The van der Waals surface area contributed by atoms with Gasteiger partial charge in [-0.1, -0.05) is 20.8 Å². The fourth-order valence-corrected chi connectivity index (χ4v) is 1.28. The van der Waals surface area contributed by atoms with Crippen LogP contribution in [0, 0.1) is 11.3 Å². The second-order valence-corrected chi connectivity index (χ2v) is 4.72. The number of hydrogen-bond acceptors (Lipinski definition) is 3. The van der Waals surface area contributed by atoms with E-state index in [9.17, 15) is 9.59 Å². The molecule has 0 aromatic heterocycles. The Balaban J connectivity index is 4.70. The standard InChI is InChI=1S/C11H23N3O2/c1-5-11(4,6-12)10(16)14-8(7(2)3)9(13)15/h7-8H,5-6,12H2,1-4H3,(H2,13,15)(H,14,16). The van der Waals surface area contributed by atoms with Crippen molar-refractivity contribution in [2.75, 3.05) is 6.54 Å². The van der Waals surface area contributed by atoms with E-state index in [1.54, 1.807) is 6.92 Å². The number of primary amides is 1. The zero-order chi connectivity index (χ0) is 12.9. The van der Waals surface area contributed by atoms with Gasteiger partial charge in [-0.25, -0.2) is 0 Å². The Kier molecular flexibility index (Phi) is 5.44. The van der Waals surface area contributed by atoms with E-state index >= 15 is 0 Å². The van der Waals surface area contributed by atoms with Crippen LogP contribution in [0.15, 0.2) is 0 Å². The van der Waals surface area contributed by atoms with E-state index in [1.165, 1.54) is 0 Å². The molecule has 2 atom stereocenters. The molecule has 5 nitrogen and oxygen atoms in total. The van der Waals surface area contributed by atoms with Crippen LogP contribution < -0.4 is 16.8 Å². The molecule has 0 rings (SSSR count). The number of rotatable bonds is 6. The molecule has 0 aliphatic heterocycles. The van der Waals surface area contributed by atoms with Crippen LogP contribution >= 0.6 is 0 Å². The van der Waals surface area contributed by atoms with Crippen molar-refractivity contribution in [1.29, 1.82) is 0 Å². The maximum Gasteiger partial charge on any atom is 0.240 e. The van der Waals surface area contributed by atoms with Crippen molar-refractivity contribution in [2.24, 2.45) is 22.8 Å². The Morgan fingerprint density at radius 2 is 1.88 bits per heavy atom. The highest BCUT2D eigenvalue weighted by Crippen LogP contribution is 2.19. The number of carbonyl (C=O) groups excluding carboxylic acids is 2. The average Bonchev–Trinajstić information content (AvgIpc) is 2.23. The van der Waals surface area contributed by atoms with Gasteiger partial charge in [0.1, 0.15) is 6.04 Å². The smallest absolute Gasteiger partial charge is 0.240 e. The molecule has 0 spiro atoms. The number of carbonyl (C=O) groups is 2. The quantitative estimate of drug-likeness (QED) is 0.597. The van der Waals surface area contributed by atoms with Crippen LogP contribution in [0.25, 0.3) is 0 Å². The predicted octanol–water partition coefficient (Wildman–Crippen LogP) is -0.0125. The molecule has 2 unspecified atom stereocenters. The van der Waals surface area contributed by atoms with Crippen molar-refractivity contribution < 1.29 is 9.59 Å². The van der Waals surface area contributed by atoms with Gasteiger partial charge in [-0.3, -0.25) is 9.59 Å². The Hall–Kier alpha value is -1.10. The molecule has 94 valence electrons. The van der Waals surface area contributed by atoms with Gasteiger partial charge in [0.05, 0.1) is 5.41 Å². The summed E-state index contributed by atoms with van der Waals surface area (Å²) in [6, 6.07) is -0.634. The maximum atomic E-state index is 11.9. The minimum Gasteiger partial charge on any atom is -0.368 e. The number of nitrogens with two attached hydrogens (primary N) is 2. The fraction of sp³-hybridized carbons (Fsp3) is 0.818. The highest BCUT2D eigenvalue weighted by atomic mass is 16.2. The third-order valence-electron chi connectivity index (χ3n) is 3.04. The first-order valence-electron chi connectivity index (χ1n) is 5.58. The molecule has 0 aliphatic rings. The zero-order valence-corrected chi connectivity index (χ0v) is 10.5. The minimum absolute atomic E-state index is 0.0275. The van der Waals surface area contributed by atoms with E-state index in [-0.39, 0.29) is 18.4 Å². The summed E-state index contributed by atoms with van der Waals surface area (Å²) in [5.41, 5.74) is 10.2. The van der Waals surface area contributed by atoms with Gasteiger partial charge in [0.25, 0.3) is 0 Å². The van der Waals surface area contributed by atoms with Crippen LogP contribution in [-0.2, 0) is 9.59 Å². The summed E-state index contributed by atoms with van der Waals surface area (Å²) in [7, 11) is 0. The average molecular weight is 229 g/mol. The van der Waals surface area contributed by atoms with Crippen molar-refractivity contribution in [3.8, 4) is 0 Å². The first kappa shape index (κ1) is 14.9. The van der Waals surface area contributed by atoms with Gasteiger partial charge in [0, 0.05) is 6.54 Å². The van der Waals surface area contributed by atoms with E-state index < -0.39 is 17.4 Å². The topological polar surface area (TPSA) is 98.2 Å². The van der Waals surface area contributed by atoms with E-state index in [0.717, 1.165) is 0 Å². The van der Waals surface area contributed by atoms with Crippen molar-refractivity contribution in [3.05, 3.63) is 0 Å². The fourth-order valence-electron chi connectivity index (χ4n) is 1.28. The molecule has 16 heavy (non-hydrogen) atoms. The predicted molar refractivity (Wildman–Crippen MR) is 63.4 cm³/mol. The molecule has 0 radical (unpaired) electrons. The van der Waals surface area contributed by atoms with Crippen molar-refractivity contribution in [2.45, 2.75) is 40.2 Å². The largest absolute Gasteiger partial charge is 0.368 e. The highest BCUT2D eigenvalue weighted by Gasteiger charge is 2.33. The van der Waals surface area contributed by atoms with Crippen molar-refractivity contribution in [3.63, 3.8) is 0 Å². The van der Waals surface area contributed by atoms with Crippen LogP contribution in [0.2, 0.25) is 0 Å². The van der Waals surface area contributed by atoms with Crippen molar-refractivity contribution >= 4 is 11.8 Å². The van der Waals surface area contributed by atoms with Gasteiger partial charge in [-0.05, 0) is 19.3 Å². The van der Waals surface area contributed by atoms with E-state index in [1.807, 2.05) is 20.8 Å². The van der Waals surface area contributed by atoms with Gasteiger partial charge < -0.3 is 16.8 Å². The first-order valence-corrected chi connectivity index (χ1v) is 5.58. The Morgan fingerprint density at radius 3 is 2.12 bits per heavy atom. The lowest BCUT2D eigenvalue weighted by molar-refractivity contribution is -0.134. The SMILES string of the molecule is CCC(C)(CN)C(=O)NC(C(N)=O)C(C)C. The second kappa shape index (κ2) is 5.84. The molecule has 0 aliphatic carbocycles.